The van der Waals surface area contributed by atoms with E-state index >= 15 is 0 Å². The molecule has 0 N–H and O–H groups in total. The molecule has 0 spiro atoms. The van der Waals surface area contributed by atoms with Gasteiger partial charge in [-0.2, -0.15) is 0 Å². The predicted octanol–water partition coefficient (Wildman–Crippen LogP) is 6.56. The van der Waals surface area contributed by atoms with Crippen LogP contribution in [0.15, 0.2) is 5.16 Å². The summed E-state index contributed by atoms with van der Waals surface area (Å²) in [6.07, 6.45) is 11.1. The van der Waals surface area contributed by atoms with Crippen LogP contribution in [0.5, 0.6) is 0 Å². The van der Waals surface area contributed by atoms with E-state index in [0.717, 1.165) is 25.8 Å². The summed E-state index contributed by atoms with van der Waals surface area (Å²) in [4.78, 5) is 18.4. The van der Waals surface area contributed by atoms with Crippen molar-refractivity contribution in [2.24, 2.45) is 5.16 Å². The lowest BCUT2D eigenvalue weighted by atomic mass is 10.2. The molecule has 0 aromatic carbocycles. The Balaban J connectivity index is 0. The van der Waals surface area contributed by atoms with E-state index in [2.05, 4.69) is 32.9 Å². The van der Waals surface area contributed by atoms with E-state index in [4.69, 9.17) is 9.57 Å². The minimum Gasteiger partial charge on any atom is -0.470 e. The maximum atomic E-state index is 11.4. The number of oxime groups is 1. The Bertz CT molecular complexity index is 382. The lowest BCUT2D eigenvalue weighted by Gasteiger charge is -2.29. The zero-order valence-corrected chi connectivity index (χ0v) is 20.1. The molecule has 2 rings (SSSR count). The van der Waals surface area contributed by atoms with Crippen molar-refractivity contribution in [2.75, 3.05) is 13.2 Å². The Kier molecular flexibility index (Phi) is 21.2. The smallest absolute Gasteiger partial charge is 0.249 e. The van der Waals surface area contributed by atoms with Gasteiger partial charge in [0.25, 0.3) is 0 Å². The Morgan fingerprint density at radius 1 is 1.07 bits per heavy atom. The zero-order valence-electron chi connectivity index (χ0n) is 20.1. The lowest BCUT2D eigenvalue weighted by molar-refractivity contribution is -0.129. The van der Waals surface area contributed by atoms with Crippen LogP contribution in [0.4, 0.5) is 0 Å². The van der Waals surface area contributed by atoms with Crippen LogP contribution < -0.4 is 0 Å². The van der Waals surface area contributed by atoms with Crippen LogP contribution in [0.3, 0.4) is 0 Å². The lowest BCUT2D eigenvalue weighted by Crippen LogP contribution is -2.43. The van der Waals surface area contributed by atoms with Gasteiger partial charge in [-0.1, -0.05) is 87.0 Å². The molecule has 2 aliphatic rings. The summed E-state index contributed by atoms with van der Waals surface area (Å²) < 4.78 is 5.73. The summed E-state index contributed by atoms with van der Waals surface area (Å²) >= 11 is 0. The van der Waals surface area contributed by atoms with Gasteiger partial charge < -0.3 is 14.5 Å². The number of likely N-dealkylation sites (tertiary alicyclic amines) is 1. The molecule has 2 aliphatic heterocycles. The van der Waals surface area contributed by atoms with Gasteiger partial charge in [-0.3, -0.25) is 4.79 Å². The molecule has 0 bridgehead atoms. The van der Waals surface area contributed by atoms with E-state index in [1.54, 1.807) is 11.8 Å². The van der Waals surface area contributed by atoms with Gasteiger partial charge in [0.15, 0.2) is 6.61 Å². The number of hydrogen-bond donors (Lipinski definition) is 0. The van der Waals surface area contributed by atoms with Crippen molar-refractivity contribution in [2.45, 2.75) is 125 Å². The molecule has 28 heavy (non-hydrogen) atoms. The molecule has 1 fully saturated rings. The summed E-state index contributed by atoms with van der Waals surface area (Å²) in [6, 6.07) is -0.0214. The van der Waals surface area contributed by atoms with Gasteiger partial charge in [0.1, 0.15) is 12.1 Å². The van der Waals surface area contributed by atoms with Crippen molar-refractivity contribution in [3.63, 3.8) is 0 Å². The van der Waals surface area contributed by atoms with Crippen LogP contribution in [0, 0.1) is 0 Å². The highest BCUT2D eigenvalue weighted by atomic mass is 16.7. The molecule has 0 saturated carbocycles. The highest BCUT2D eigenvalue weighted by molar-refractivity contribution is 5.87. The average Bonchev–Trinajstić information content (AvgIpc) is 3.21. The van der Waals surface area contributed by atoms with Gasteiger partial charge in [-0.05, 0) is 24.4 Å². The van der Waals surface area contributed by atoms with Gasteiger partial charge in [0.2, 0.25) is 11.8 Å². The molecular weight excluding hydrogens is 352 g/mol. The van der Waals surface area contributed by atoms with Crippen LogP contribution >= 0.6 is 0 Å². The zero-order chi connectivity index (χ0) is 21.8. The summed E-state index contributed by atoms with van der Waals surface area (Å²) in [5, 5.41) is 3.94. The normalized spacial score (nSPS) is 20.0. The third-order valence-corrected chi connectivity index (χ3v) is 4.31. The number of nitrogens with zero attached hydrogens (tertiary/aromatic N) is 2. The molecular formula is C23H48N2O3. The molecule has 2 atom stereocenters. The number of carbonyl (C=O) groups is 1. The number of unbranched alkanes of at least 4 members (excludes halogenated alkanes) is 4. The topological polar surface area (TPSA) is 51.1 Å². The molecule has 0 aliphatic carbocycles. The fraction of sp³-hybridized carbons (Fsp3) is 0.913. The third kappa shape index (κ3) is 13.0. The summed E-state index contributed by atoms with van der Waals surface area (Å²) in [7, 11) is 0. The second-order valence-corrected chi connectivity index (χ2v) is 7.01. The Morgan fingerprint density at radius 2 is 1.64 bits per heavy atom. The van der Waals surface area contributed by atoms with Crippen molar-refractivity contribution in [3.05, 3.63) is 0 Å². The van der Waals surface area contributed by atoms with Gasteiger partial charge >= 0.3 is 0 Å². The van der Waals surface area contributed by atoms with E-state index in [1.165, 1.54) is 38.5 Å². The molecule has 0 aromatic rings. The molecule has 5 nitrogen and oxygen atoms in total. The minimum atomic E-state index is -0.0214. The number of carbonyl (C=O) groups excluding carboxylic acids is 1. The highest BCUT2D eigenvalue weighted by Gasteiger charge is 2.35. The second kappa shape index (κ2) is 20.5. The molecule has 0 radical (unpaired) electrons. The van der Waals surface area contributed by atoms with Crippen molar-refractivity contribution < 1.29 is 14.4 Å². The van der Waals surface area contributed by atoms with E-state index in [1.807, 2.05) is 20.8 Å². The van der Waals surface area contributed by atoms with Crippen molar-refractivity contribution >= 4 is 11.8 Å². The van der Waals surface area contributed by atoms with Crippen LogP contribution in [-0.4, -0.2) is 42.0 Å². The maximum absolute atomic E-state index is 11.4. The maximum Gasteiger partial charge on any atom is 0.249 e. The van der Waals surface area contributed by atoms with Crippen molar-refractivity contribution in [1.29, 1.82) is 0 Å². The highest BCUT2D eigenvalue weighted by Crippen LogP contribution is 2.22. The molecule has 2 heterocycles. The monoisotopic (exact) mass is 400 g/mol. The van der Waals surface area contributed by atoms with Crippen LogP contribution in [0.2, 0.25) is 0 Å². The van der Waals surface area contributed by atoms with Gasteiger partial charge in [0.05, 0.1) is 0 Å². The van der Waals surface area contributed by atoms with Gasteiger partial charge in [-0.25, -0.2) is 0 Å². The molecule has 1 amide bonds. The first-order valence-corrected chi connectivity index (χ1v) is 11.7. The second-order valence-electron chi connectivity index (χ2n) is 7.01. The first-order valence-electron chi connectivity index (χ1n) is 11.7. The van der Waals surface area contributed by atoms with E-state index in [9.17, 15) is 4.79 Å². The SMILES string of the molecule is CC.CCC.CCC1CON=C(C2CCCN2C(C)=O)O1.CCCCCCC. The van der Waals surface area contributed by atoms with Crippen LogP contribution in [-0.2, 0) is 14.4 Å². The van der Waals surface area contributed by atoms with Crippen molar-refractivity contribution in [3.8, 4) is 0 Å². The molecule has 1 saturated heterocycles. The predicted molar refractivity (Wildman–Crippen MR) is 121 cm³/mol. The summed E-state index contributed by atoms with van der Waals surface area (Å²) in [5.41, 5.74) is 0. The largest absolute Gasteiger partial charge is 0.470 e. The number of amides is 1. The van der Waals surface area contributed by atoms with Gasteiger partial charge in [0, 0.05) is 13.5 Å². The number of hydrogen-bond acceptors (Lipinski definition) is 4. The molecule has 5 heteroatoms. The summed E-state index contributed by atoms with van der Waals surface area (Å²) in [6.45, 7) is 17.7. The first kappa shape index (κ1) is 28.9. The van der Waals surface area contributed by atoms with Gasteiger partial charge in [-0.15, -0.1) is 0 Å². The Morgan fingerprint density at radius 3 is 2.11 bits per heavy atom. The summed E-state index contributed by atoms with van der Waals surface area (Å²) in [5.74, 6) is 0.651. The number of rotatable bonds is 6. The van der Waals surface area contributed by atoms with Crippen LogP contribution in [0.25, 0.3) is 0 Å². The minimum absolute atomic E-state index is 0.0214. The third-order valence-electron chi connectivity index (χ3n) is 4.31. The quantitative estimate of drug-likeness (QED) is 0.475. The van der Waals surface area contributed by atoms with Crippen molar-refractivity contribution in [1.82, 2.24) is 4.90 Å². The average molecular weight is 401 g/mol. The van der Waals surface area contributed by atoms with E-state index in [-0.39, 0.29) is 18.1 Å². The Labute approximate surface area is 175 Å². The fourth-order valence-electron chi connectivity index (χ4n) is 2.83. The molecule has 2 unspecified atom stereocenters. The first-order chi connectivity index (χ1) is 13.5. The molecule has 168 valence electrons. The molecule has 0 aromatic heterocycles. The Hall–Kier alpha value is -1.26. The van der Waals surface area contributed by atoms with E-state index < -0.39 is 0 Å². The fourth-order valence-corrected chi connectivity index (χ4v) is 2.83. The number of ether oxygens (including phenoxy) is 1. The standard InChI is InChI=1S/C11H18N2O3.C7H16.C3H8.C2H6/c1-3-9-7-15-12-11(16-9)10-5-4-6-13(10)8(2)14;1-3-5-7-6-4-2;1-3-2;1-2/h9-10H,3-7H2,1-2H3;3-7H2,1-2H3;3H2,1-2H3;1-2H3. The van der Waals surface area contributed by atoms with E-state index in [0.29, 0.717) is 12.5 Å². The van der Waals surface area contributed by atoms with Crippen LogP contribution in [0.1, 0.15) is 113 Å².